The molecule has 2 aromatic rings. The van der Waals surface area contributed by atoms with Crippen molar-refractivity contribution in [2.75, 3.05) is 13.2 Å². The van der Waals surface area contributed by atoms with Crippen LogP contribution in [0.2, 0.25) is 0 Å². The Kier molecular flexibility index (Phi) is 6.01. The summed E-state index contributed by atoms with van der Waals surface area (Å²) in [6.07, 6.45) is -6.14. The van der Waals surface area contributed by atoms with E-state index in [0.717, 1.165) is 22.3 Å². The van der Waals surface area contributed by atoms with Crippen molar-refractivity contribution < 1.29 is 37.4 Å². The van der Waals surface area contributed by atoms with E-state index in [2.05, 4.69) is 5.32 Å². The van der Waals surface area contributed by atoms with Gasteiger partial charge in [0.2, 0.25) is 6.04 Å². The lowest BCUT2D eigenvalue weighted by Gasteiger charge is -2.21. The van der Waals surface area contributed by atoms with Crippen LogP contribution in [0, 0.1) is 11.8 Å². The molecule has 2 aliphatic carbocycles. The third-order valence-electron chi connectivity index (χ3n) is 5.97. The number of carboxylic acids is 1. The quantitative estimate of drug-likeness (QED) is 0.586. The normalized spacial score (nSPS) is 19.7. The molecular formula is C23H21F3N2O5. The molecule has 2 amide bonds. The third-order valence-corrected chi connectivity index (χ3v) is 5.97. The number of alkyl halides is 3. The summed E-state index contributed by atoms with van der Waals surface area (Å²) < 4.78 is 45.3. The number of carboxylic acid groups (broad SMARTS) is 1. The van der Waals surface area contributed by atoms with Crippen LogP contribution in [0.25, 0.3) is 11.1 Å². The van der Waals surface area contributed by atoms with Crippen LogP contribution >= 0.6 is 0 Å². The predicted molar refractivity (Wildman–Crippen MR) is 110 cm³/mol. The number of nitrogens with one attached hydrogen (secondary N) is 2. The van der Waals surface area contributed by atoms with E-state index in [1.807, 2.05) is 48.5 Å². The molecule has 0 saturated heterocycles. The van der Waals surface area contributed by atoms with Crippen molar-refractivity contribution in [3.63, 3.8) is 0 Å². The Labute approximate surface area is 186 Å². The van der Waals surface area contributed by atoms with Gasteiger partial charge in [-0.2, -0.15) is 13.2 Å². The van der Waals surface area contributed by atoms with Crippen LogP contribution < -0.4 is 10.6 Å². The van der Waals surface area contributed by atoms with Crippen LogP contribution in [0.15, 0.2) is 48.5 Å². The summed E-state index contributed by atoms with van der Waals surface area (Å²) >= 11 is 0. The maximum absolute atomic E-state index is 13.4. The minimum Gasteiger partial charge on any atom is -0.481 e. The van der Waals surface area contributed by atoms with Crippen LogP contribution in [-0.2, 0) is 14.3 Å². The Morgan fingerprint density at radius 3 is 2.12 bits per heavy atom. The summed E-state index contributed by atoms with van der Waals surface area (Å²) in [5.41, 5.74) is 3.73. The van der Waals surface area contributed by atoms with E-state index < -0.39 is 42.0 Å². The molecule has 0 heterocycles. The summed E-state index contributed by atoms with van der Waals surface area (Å²) in [5.74, 6) is -3.96. The van der Waals surface area contributed by atoms with Gasteiger partial charge in [0.05, 0.1) is 5.92 Å². The van der Waals surface area contributed by atoms with E-state index in [9.17, 15) is 27.6 Å². The lowest BCUT2D eigenvalue weighted by atomic mass is 9.98. The van der Waals surface area contributed by atoms with Gasteiger partial charge in [-0.15, -0.1) is 0 Å². The first-order valence-corrected chi connectivity index (χ1v) is 10.4. The molecule has 4 rings (SSSR count). The van der Waals surface area contributed by atoms with Crippen molar-refractivity contribution in [2.45, 2.75) is 24.6 Å². The van der Waals surface area contributed by atoms with Gasteiger partial charge >= 0.3 is 18.2 Å². The maximum Gasteiger partial charge on any atom is 0.417 e. The van der Waals surface area contributed by atoms with Crippen LogP contribution in [0.5, 0.6) is 0 Å². The average molecular weight is 462 g/mol. The van der Waals surface area contributed by atoms with Gasteiger partial charge < -0.3 is 20.5 Å². The number of halogens is 3. The van der Waals surface area contributed by atoms with Gasteiger partial charge in [0.15, 0.2) is 0 Å². The van der Waals surface area contributed by atoms with Crippen molar-refractivity contribution in [3.8, 4) is 11.1 Å². The van der Waals surface area contributed by atoms with Gasteiger partial charge in [0.1, 0.15) is 6.61 Å². The van der Waals surface area contributed by atoms with Crippen molar-refractivity contribution in [1.82, 2.24) is 10.6 Å². The summed E-state index contributed by atoms with van der Waals surface area (Å²) in [6.45, 7) is -0.414. The smallest absolute Gasteiger partial charge is 0.417 e. The van der Waals surface area contributed by atoms with Crippen LogP contribution in [0.3, 0.4) is 0 Å². The number of hydrogen-bond donors (Lipinski definition) is 3. The van der Waals surface area contributed by atoms with Crippen molar-refractivity contribution in [3.05, 3.63) is 59.7 Å². The molecule has 174 valence electrons. The molecular weight excluding hydrogens is 441 g/mol. The number of aliphatic carboxylic acids is 1. The van der Waals surface area contributed by atoms with E-state index in [-0.39, 0.29) is 25.5 Å². The number of rotatable bonds is 7. The van der Waals surface area contributed by atoms with Gasteiger partial charge in [-0.1, -0.05) is 48.5 Å². The molecule has 7 nitrogen and oxygen atoms in total. The van der Waals surface area contributed by atoms with Crippen molar-refractivity contribution >= 4 is 18.0 Å². The van der Waals surface area contributed by atoms with Gasteiger partial charge in [0.25, 0.3) is 5.91 Å². The van der Waals surface area contributed by atoms with Gasteiger partial charge in [-0.05, 0) is 34.6 Å². The molecule has 3 atom stereocenters. The number of hydrogen-bond acceptors (Lipinski definition) is 4. The highest BCUT2D eigenvalue weighted by Gasteiger charge is 2.48. The molecule has 2 aromatic carbocycles. The maximum atomic E-state index is 13.4. The van der Waals surface area contributed by atoms with Crippen molar-refractivity contribution in [2.24, 2.45) is 11.8 Å². The van der Waals surface area contributed by atoms with Crippen LogP contribution in [0.1, 0.15) is 23.5 Å². The van der Waals surface area contributed by atoms with Gasteiger partial charge in [-0.25, -0.2) is 4.79 Å². The second-order valence-electron chi connectivity index (χ2n) is 8.13. The third kappa shape index (κ3) is 4.79. The Balaban J connectivity index is 1.37. The number of ether oxygens (including phenoxy) is 1. The van der Waals surface area contributed by atoms with E-state index in [1.54, 1.807) is 5.32 Å². The number of amides is 2. The fraction of sp³-hybridized carbons (Fsp3) is 0.348. The highest BCUT2D eigenvalue weighted by Crippen LogP contribution is 2.44. The average Bonchev–Trinajstić information content (AvgIpc) is 3.49. The predicted octanol–water partition coefficient (Wildman–Crippen LogP) is 3.29. The highest BCUT2D eigenvalue weighted by molar-refractivity contribution is 5.86. The molecule has 0 radical (unpaired) electrons. The number of alkyl carbamates (subject to hydrolysis) is 1. The molecule has 10 heteroatoms. The summed E-state index contributed by atoms with van der Waals surface area (Å²) in [6, 6.07) is 12.2. The largest absolute Gasteiger partial charge is 0.481 e. The number of benzene rings is 2. The molecule has 2 aliphatic rings. The molecule has 3 N–H and O–H groups in total. The summed E-state index contributed by atoms with van der Waals surface area (Å²) in [7, 11) is 0. The molecule has 1 fully saturated rings. The lowest BCUT2D eigenvalue weighted by Crippen LogP contribution is -2.55. The monoisotopic (exact) mass is 462 g/mol. The molecule has 0 bridgehead atoms. The zero-order valence-corrected chi connectivity index (χ0v) is 17.3. The van der Waals surface area contributed by atoms with Gasteiger partial charge in [-0.3, -0.25) is 9.59 Å². The van der Waals surface area contributed by atoms with E-state index in [4.69, 9.17) is 9.84 Å². The second-order valence-corrected chi connectivity index (χ2v) is 8.13. The number of carbonyl (C=O) groups excluding carboxylic acids is 2. The number of fused-ring (bicyclic) bond motifs is 3. The minimum absolute atomic E-state index is 0.200. The second kappa shape index (κ2) is 8.76. The van der Waals surface area contributed by atoms with Gasteiger partial charge in [0, 0.05) is 12.5 Å². The lowest BCUT2D eigenvalue weighted by molar-refractivity contribution is -0.167. The summed E-state index contributed by atoms with van der Waals surface area (Å²) in [5, 5.41) is 12.5. The molecule has 0 spiro atoms. The first-order valence-electron chi connectivity index (χ1n) is 10.4. The number of carbonyl (C=O) groups is 3. The summed E-state index contributed by atoms with van der Waals surface area (Å²) in [4.78, 5) is 35.1. The fourth-order valence-electron chi connectivity index (χ4n) is 4.16. The molecule has 0 aromatic heterocycles. The Hall–Kier alpha value is -3.56. The first kappa shape index (κ1) is 22.6. The van der Waals surface area contributed by atoms with Crippen LogP contribution in [0.4, 0.5) is 18.0 Å². The first-order chi connectivity index (χ1) is 15.7. The Morgan fingerprint density at radius 1 is 1.03 bits per heavy atom. The molecule has 0 aliphatic heterocycles. The van der Waals surface area contributed by atoms with Crippen molar-refractivity contribution in [1.29, 1.82) is 0 Å². The van der Waals surface area contributed by atoms with E-state index in [1.165, 1.54) is 0 Å². The molecule has 1 saturated carbocycles. The SMILES string of the molecule is O=C(NC(C(=O)NC[C@H]1C[C@H]1C(=O)O)C(F)(F)F)OCC1c2ccccc2-c2ccccc21. The zero-order chi connectivity index (χ0) is 23.8. The molecule has 33 heavy (non-hydrogen) atoms. The topological polar surface area (TPSA) is 105 Å². The zero-order valence-electron chi connectivity index (χ0n) is 17.3. The van der Waals surface area contributed by atoms with E-state index >= 15 is 0 Å². The van der Waals surface area contributed by atoms with Crippen LogP contribution in [-0.4, -0.2) is 48.4 Å². The van der Waals surface area contributed by atoms with E-state index in [0.29, 0.717) is 0 Å². The molecule has 1 unspecified atom stereocenters. The standard InChI is InChI=1S/C23H21F3N2O5/c24-23(25,26)19(20(29)27-10-12-9-17(12)21(30)31)28-22(32)33-11-18-15-7-3-1-5-13(15)14-6-2-4-8-16(14)18/h1-8,12,17-19H,9-11H2,(H,27,29)(H,28,32)(H,30,31)/t12-,17-,19?/m1/s1. The Morgan fingerprint density at radius 2 is 1.61 bits per heavy atom. The minimum atomic E-state index is -5.05. The fourth-order valence-corrected chi connectivity index (χ4v) is 4.16. The Bertz CT molecular complexity index is 1040. The highest BCUT2D eigenvalue weighted by atomic mass is 19.4.